The SMILES string of the molecule is CCCSc1nc(Cl)c(N)c(NCc2cnc(C)nc2)n1. The molecular weight excluding hydrogens is 308 g/mol. The molecule has 0 amide bonds. The second-order valence-corrected chi connectivity index (χ2v) is 5.82. The van der Waals surface area contributed by atoms with Crippen molar-refractivity contribution in [2.75, 3.05) is 16.8 Å². The number of nitrogens with one attached hydrogen (secondary N) is 1. The molecule has 0 aliphatic rings. The monoisotopic (exact) mass is 324 g/mol. The molecule has 0 aliphatic heterocycles. The van der Waals surface area contributed by atoms with Gasteiger partial charge >= 0.3 is 0 Å². The summed E-state index contributed by atoms with van der Waals surface area (Å²) < 4.78 is 0. The number of thioether (sulfide) groups is 1. The van der Waals surface area contributed by atoms with Crippen LogP contribution in [-0.2, 0) is 6.54 Å². The van der Waals surface area contributed by atoms with E-state index >= 15 is 0 Å². The Labute approximate surface area is 133 Å². The average Bonchev–Trinajstić information content (AvgIpc) is 2.48. The molecule has 2 aromatic rings. The van der Waals surface area contributed by atoms with Crippen LogP contribution in [0.5, 0.6) is 0 Å². The standard InChI is InChI=1S/C13H17ClN6S/c1-3-4-21-13-19-11(14)10(15)12(20-13)18-7-9-5-16-8(2)17-6-9/h5-6H,3-4,7,15H2,1-2H3,(H,18,19,20). The van der Waals surface area contributed by atoms with Gasteiger partial charge in [0, 0.05) is 30.3 Å². The molecule has 3 N–H and O–H groups in total. The number of aromatic nitrogens is 4. The van der Waals surface area contributed by atoms with Gasteiger partial charge in [-0.05, 0) is 13.3 Å². The minimum atomic E-state index is 0.270. The van der Waals surface area contributed by atoms with Crippen molar-refractivity contribution < 1.29 is 0 Å². The minimum Gasteiger partial charge on any atom is -0.393 e. The van der Waals surface area contributed by atoms with Gasteiger partial charge in [0.1, 0.15) is 11.5 Å². The van der Waals surface area contributed by atoms with Gasteiger partial charge in [0.25, 0.3) is 0 Å². The van der Waals surface area contributed by atoms with Gasteiger partial charge in [-0.2, -0.15) is 0 Å². The van der Waals surface area contributed by atoms with Crippen LogP contribution < -0.4 is 11.1 Å². The van der Waals surface area contributed by atoms with E-state index in [0.717, 1.165) is 23.6 Å². The maximum absolute atomic E-state index is 6.05. The van der Waals surface area contributed by atoms with E-state index < -0.39 is 0 Å². The van der Waals surface area contributed by atoms with E-state index in [1.165, 1.54) is 0 Å². The largest absolute Gasteiger partial charge is 0.393 e. The molecule has 0 aliphatic carbocycles. The third-order valence-corrected chi connectivity index (χ3v) is 3.95. The van der Waals surface area contributed by atoms with Gasteiger partial charge in [-0.15, -0.1) is 0 Å². The van der Waals surface area contributed by atoms with Gasteiger partial charge in [0.2, 0.25) is 0 Å². The maximum Gasteiger partial charge on any atom is 0.191 e. The maximum atomic E-state index is 6.05. The third kappa shape index (κ3) is 4.44. The predicted molar refractivity (Wildman–Crippen MR) is 86.6 cm³/mol. The zero-order valence-corrected chi connectivity index (χ0v) is 13.5. The first-order valence-electron chi connectivity index (χ1n) is 6.57. The van der Waals surface area contributed by atoms with Crippen molar-refractivity contribution in [2.24, 2.45) is 0 Å². The lowest BCUT2D eigenvalue weighted by Crippen LogP contribution is -2.08. The van der Waals surface area contributed by atoms with Crippen LogP contribution in [0, 0.1) is 6.92 Å². The number of halogens is 1. The Kier molecular flexibility index (Phi) is 5.58. The van der Waals surface area contributed by atoms with Crippen LogP contribution in [-0.4, -0.2) is 25.7 Å². The Hall–Kier alpha value is -1.60. The van der Waals surface area contributed by atoms with E-state index in [4.69, 9.17) is 17.3 Å². The van der Waals surface area contributed by atoms with Crippen molar-refractivity contribution in [3.05, 3.63) is 28.9 Å². The zero-order valence-electron chi connectivity index (χ0n) is 11.9. The highest BCUT2D eigenvalue weighted by Crippen LogP contribution is 2.27. The van der Waals surface area contributed by atoms with Gasteiger partial charge in [0.05, 0.1) is 0 Å². The zero-order chi connectivity index (χ0) is 15.2. The van der Waals surface area contributed by atoms with Gasteiger partial charge in [0.15, 0.2) is 16.1 Å². The number of rotatable bonds is 6. The molecule has 0 bridgehead atoms. The number of nitrogen functional groups attached to an aromatic ring is 1. The third-order valence-electron chi connectivity index (χ3n) is 2.61. The molecule has 21 heavy (non-hydrogen) atoms. The molecule has 0 saturated carbocycles. The highest BCUT2D eigenvalue weighted by molar-refractivity contribution is 7.99. The first-order chi connectivity index (χ1) is 10.1. The first kappa shape index (κ1) is 15.8. The number of aryl methyl sites for hydroxylation is 1. The van der Waals surface area contributed by atoms with Gasteiger partial charge in [-0.25, -0.2) is 19.9 Å². The highest BCUT2D eigenvalue weighted by atomic mass is 35.5. The summed E-state index contributed by atoms with van der Waals surface area (Å²) in [5.74, 6) is 2.21. The van der Waals surface area contributed by atoms with Crippen LogP contribution >= 0.6 is 23.4 Å². The Morgan fingerprint density at radius 3 is 2.67 bits per heavy atom. The smallest absolute Gasteiger partial charge is 0.191 e. The quantitative estimate of drug-likeness (QED) is 0.479. The number of anilines is 2. The van der Waals surface area contributed by atoms with E-state index in [-0.39, 0.29) is 5.15 Å². The Bertz CT molecular complexity index is 604. The van der Waals surface area contributed by atoms with Crippen molar-refractivity contribution >= 4 is 34.9 Å². The van der Waals surface area contributed by atoms with Gasteiger partial charge in [-0.1, -0.05) is 30.3 Å². The Morgan fingerprint density at radius 1 is 1.29 bits per heavy atom. The topological polar surface area (TPSA) is 89.6 Å². The molecule has 0 aromatic carbocycles. The summed E-state index contributed by atoms with van der Waals surface area (Å²) in [5, 5.41) is 4.05. The van der Waals surface area contributed by atoms with Gasteiger partial charge < -0.3 is 11.1 Å². The summed E-state index contributed by atoms with van der Waals surface area (Å²) in [7, 11) is 0. The number of nitrogens with zero attached hydrogens (tertiary/aromatic N) is 4. The Balaban J connectivity index is 2.10. The summed E-state index contributed by atoms with van der Waals surface area (Å²) in [6, 6.07) is 0. The number of hydrogen-bond donors (Lipinski definition) is 2. The van der Waals surface area contributed by atoms with Crippen LogP contribution in [0.1, 0.15) is 24.7 Å². The van der Waals surface area contributed by atoms with Crippen LogP contribution in [0.3, 0.4) is 0 Å². The molecule has 0 radical (unpaired) electrons. The summed E-state index contributed by atoms with van der Waals surface area (Å²) in [4.78, 5) is 16.8. The lowest BCUT2D eigenvalue weighted by molar-refractivity contribution is 0.943. The molecule has 2 aromatic heterocycles. The molecule has 112 valence electrons. The molecular formula is C13H17ClN6S. The molecule has 0 fully saturated rings. The predicted octanol–water partition coefficient (Wildman–Crippen LogP) is 2.92. The molecule has 2 heterocycles. The molecule has 8 heteroatoms. The fourth-order valence-corrected chi connectivity index (χ4v) is 2.43. The number of hydrogen-bond acceptors (Lipinski definition) is 7. The second-order valence-electron chi connectivity index (χ2n) is 4.40. The normalized spacial score (nSPS) is 10.6. The van der Waals surface area contributed by atoms with Gasteiger partial charge in [-0.3, -0.25) is 0 Å². The van der Waals surface area contributed by atoms with Crippen molar-refractivity contribution in [3.8, 4) is 0 Å². The van der Waals surface area contributed by atoms with Crippen LogP contribution in [0.15, 0.2) is 17.6 Å². The van der Waals surface area contributed by atoms with Crippen molar-refractivity contribution in [1.82, 2.24) is 19.9 Å². The molecule has 0 unspecified atom stereocenters. The van der Waals surface area contributed by atoms with Crippen molar-refractivity contribution in [1.29, 1.82) is 0 Å². The van der Waals surface area contributed by atoms with E-state index in [0.29, 0.717) is 23.2 Å². The van der Waals surface area contributed by atoms with E-state index in [2.05, 4.69) is 32.2 Å². The molecule has 0 spiro atoms. The van der Waals surface area contributed by atoms with Crippen molar-refractivity contribution in [2.45, 2.75) is 32.0 Å². The highest BCUT2D eigenvalue weighted by Gasteiger charge is 2.10. The summed E-state index contributed by atoms with van der Waals surface area (Å²) in [5.41, 5.74) is 7.20. The number of nitrogens with two attached hydrogens (primary N) is 1. The van der Waals surface area contributed by atoms with Crippen LogP contribution in [0.2, 0.25) is 5.15 Å². The fourth-order valence-electron chi connectivity index (χ4n) is 1.51. The summed E-state index contributed by atoms with van der Waals surface area (Å²) >= 11 is 7.60. The average molecular weight is 325 g/mol. The first-order valence-corrected chi connectivity index (χ1v) is 7.93. The fraction of sp³-hybridized carbons (Fsp3) is 0.385. The second kappa shape index (κ2) is 7.42. The molecule has 6 nitrogen and oxygen atoms in total. The minimum absolute atomic E-state index is 0.270. The summed E-state index contributed by atoms with van der Waals surface area (Å²) in [6.07, 6.45) is 4.57. The van der Waals surface area contributed by atoms with Crippen LogP contribution in [0.4, 0.5) is 11.5 Å². The van der Waals surface area contributed by atoms with Crippen molar-refractivity contribution in [3.63, 3.8) is 0 Å². The van der Waals surface area contributed by atoms with E-state index in [9.17, 15) is 0 Å². The Morgan fingerprint density at radius 2 is 2.00 bits per heavy atom. The molecule has 0 saturated heterocycles. The van der Waals surface area contributed by atoms with E-state index in [1.54, 1.807) is 24.2 Å². The summed E-state index contributed by atoms with van der Waals surface area (Å²) in [6.45, 7) is 4.47. The van der Waals surface area contributed by atoms with Crippen LogP contribution in [0.25, 0.3) is 0 Å². The lowest BCUT2D eigenvalue weighted by Gasteiger charge is -2.10. The lowest BCUT2D eigenvalue weighted by atomic mass is 10.3. The van der Waals surface area contributed by atoms with E-state index in [1.807, 2.05) is 6.92 Å². The molecule has 2 rings (SSSR count). The molecule has 0 atom stereocenters.